The van der Waals surface area contributed by atoms with E-state index < -0.39 is 30.1 Å². The van der Waals surface area contributed by atoms with Crippen LogP contribution in [0, 0.1) is 5.92 Å². The summed E-state index contributed by atoms with van der Waals surface area (Å²) in [6, 6.07) is 2.66. The number of nitrogens with zero attached hydrogens (tertiary/aromatic N) is 3. The summed E-state index contributed by atoms with van der Waals surface area (Å²) in [5.74, 6) is -2.04. The smallest absolute Gasteiger partial charge is 0.408 e. The van der Waals surface area contributed by atoms with Crippen LogP contribution in [-0.2, 0) is 20.9 Å². The molecule has 0 spiro atoms. The van der Waals surface area contributed by atoms with Crippen molar-refractivity contribution in [1.29, 1.82) is 0 Å². The fourth-order valence-corrected chi connectivity index (χ4v) is 5.77. The first kappa shape index (κ1) is 18.9. The molecule has 30 heavy (non-hydrogen) atoms. The standard InChI is InChI=1S/C20H19N3O6S/c24-17-10(3-4-21(17)9-13-2-1-5-30-13)6-11-7-12-8-22(20(28)29)16-14(12)23(18(16)25)15(11)19(26)27/h1-2,5-6,12,14,16H,3-4,7-9H2,(H,26,27)(H,28,29)/b10-6+/t12-,14-,16+/m1/s1. The predicted molar refractivity (Wildman–Crippen MR) is 104 cm³/mol. The van der Waals surface area contributed by atoms with Crippen molar-refractivity contribution >= 4 is 35.2 Å². The number of carbonyl (C=O) groups excluding carboxylic acids is 2. The summed E-state index contributed by atoms with van der Waals surface area (Å²) in [6.45, 7) is 1.26. The van der Waals surface area contributed by atoms with Crippen molar-refractivity contribution in [2.24, 2.45) is 5.92 Å². The third-order valence-corrected chi connectivity index (χ3v) is 7.19. The number of amides is 3. The van der Waals surface area contributed by atoms with E-state index in [-0.39, 0.29) is 24.1 Å². The van der Waals surface area contributed by atoms with Crippen LogP contribution in [0.5, 0.6) is 0 Å². The molecule has 1 aromatic rings. The number of carboxylic acid groups (broad SMARTS) is 2. The number of carbonyl (C=O) groups is 4. The van der Waals surface area contributed by atoms with Crippen LogP contribution < -0.4 is 0 Å². The Morgan fingerprint density at radius 3 is 2.73 bits per heavy atom. The van der Waals surface area contributed by atoms with E-state index in [4.69, 9.17) is 0 Å². The molecule has 3 atom stereocenters. The molecule has 0 unspecified atom stereocenters. The summed E-state index contributed by atoms with van der Waals surface area (Å²) < 4.78 is 0. The van der Waals surface area contributed by atoms with Crippen LogP contribution in [0.1, 0.15) is 17.7 Å². The van der Waals surface area contributed by atoms with E-state index in [1.54, 1.807) is 22.3 Å². The minimum absolute atomic E-state index is 0.123. The normalized spacial score (nSPS) is 29.0. The molecule has 3 fully saturated rings. The van der Waals surface area contributed by atoms with Crippen LogP contribution in [0.25, 0.3) is 0 Å². The number of hydrogen-bond acceptors (Lipinski definition) is 5. The van der Waals surface area contributed by atoms with Crippen LogP contribution in [0.2, 0.25) is 0 Å². The summed E-state index contributed by atoms with van der Waals surface area (Å²) in [6.07, 6.45) is 1.28. The van der Waals surface area contributed by atoms with Gasteiger partial charge in [0, 0.05) is 29.5 Å². The minimum atomic E-state index is -1.23. The fraction of sp³-hybridized carbons (Fsp3) is 0.400. The quantitative estimate of drug-likeness (QED) is 0.551. The van der Waals surface area contributed by atoms with E-state index in [1.165, 1.54) is 4.90 Å². The van der Waals surface area contributed by atoms with Gasteiger partial charge in [0.05, 0.1) is 12.6 Å². The van der Waals surface area contributed by atoms with E-state index in [1.807, 2.05) is 17.5 Å². The van der Waals surface area contributed by atoms with Crippen LogP contribution >= 0.6 is 11.3 Å². The lowest BCUT2D eigenvalue weighted by molar-refractivity contribution is -0.156. The first-order valence-electron chi connectivity index (χ1n) is 9.68. The predicted octanol–water partition coefficient (Wildman–Crippen LogP) is 1.34. The lowest BCUT2D eigenvalue weighted by atomic mass is 9.79. The number of β-lactam (4-membered cyclic amide) rings is 1. The molecule has 0 radical (unpaired) electrons. The molecule has 2 N–H and O–H groups in total. The maximum absolute atomic E-state index is 12.8. The Hall–Kier alpha value is -3.14. The Labute approximate surface area is 175 Å². The number of carboxylic acids is 1. The highest BCUT2D eigenvalue weighted by atomic mass is 32.1. The Morgan fingerprint density at radius 2 is 2.07 bits per heavy atom. The number of rotatable bonds is 4. The zero-order valence-corrected chi connectivity index (χ0v) is 16.7. The number of likely N-dealkylation sites (tertiary alicyclic amines) is 2. The number of aliphatic carboxylic acids is 1. The van der Waals surface area contributed by atoms with Crippen molar-refractivity contribution in [2.75, 3.05) is 13.1 Å². The van der Waals surface area contributed by atoms with Gasteiger partial charge in [0.2, 0.25) is 5.91 Å². The van der Waals surface area contributed by atoms with Gasteiger partial charge in [-0.2, -0.15) is 0 Å². The van der Waals surface area contributed by atoms with Gasteiger partial charge < -0.3 is 15.1 Å². The van der Waals surface area contributed by atoms with Crippen molar-refractivity contribution in [3.63, 3.8) is 0 Å². The van der Waals surface area contributed by atoms with Crippen molar-refractivity contribution in [3.8, 4) is 0 Å². The molecule has 156 valence electrons. The molecule has 10 heteroatoms. The molecular weight excluding hydrogens is 410 g/mol. The van der Waals surface area contributed by atoms with Crippen LogP contribution in [0.3, 0.4) is 0 Å². The van der Waals surface area contributed by atoms with Crippen LogP contribution in [0.4, 0.5) is 4.79 Å². The maximum Gasteiger partial charge on any atom is 0.408 e. The van der Waals surface area contributed by atoms with Gasteiger partial charge in [0.25, 0.3) is 5.91 Å². The Bertz CT molecular complexity index is 1030. The van der Waals surface area contributed by atoms with E-state index in [2.05, 4.69) is 0 Å². The van der Waals surface area contributed by atoms with Gasteiger partial charge in [-0.15, -0.1) is 11.3 Å². The van der Waals surface area contributed by atoms with Gasteiger partial charge in [-0.05, 0) is 35.9 Å². The second-order valence-electron chi connectivity index (χ2n) is 7.95. The lowest BCUT2D eigenvalue weighted by Crippen LogP contribution is -2.69. The summed E-state index contributed by atoms with van der Waals surface area (Å²) in [4.78, 5) is 54.0. The maximum atomic E-state index is 12.8. The van der Waals surface area contributed by atoms with Crippen molar-refractivity contribution in [3.05, 3.63) is 45.3 Å². The first-order chi connectivity index (χ1) is 14.4. The van der Waals surface area contributed by atoms with Crippen LogP contribution in [-0.4, -0.2) is 74.0 Å². The highest BCUT2D eigenvalue weighted by Crippen LogP contribution is 2.47. The zero-order chi connectivity index (χ0) is 21.2. The van der Waals surface area contributed by atoms with Gasteiger partial charge in [-0.3, -0.25) is 19.4 Å². The number of allylic oxidation sites excluding steroid dienone is 2. The molecular formula is C20H19N3O6S. The Morgan fingerprint density at radius 1 is 1.27 bits per heavy atom. The van der Waals surface area contributed by atoms with Gasteiger partial charge in [0.1, 0.15) is 11.7 Å². The number of thiophene rings is 1. The van der Waals surface area contributed by atoms with E-state index in [9.17, 15) is 29.4 Å². The monoisotopic (exact) mass is 429 g/mol. The summed E-state index contributed by atoms with van der Waals surface area (Å²) in [5.41, 5.74) is 0.822. The molecule has 0 aliphatic carbocycles. The molecule has 9 nitrogen and oxygen atoms in total. The van der Waals surface area contributed by atoms with Gasteiger partial charge in [0.15, 0.2) is 0 Å². The first-order valence-corrected chi connectivity index (χ1v) is 10.6. The van der Waals surface area contributed by atoms with E-state index in [0.29, 0.717) is 37.1 Å². The van der Waals surface area contributed by atoms with Crippen molar-refractivity contribution < 1.29 is 29.4 Å². The van der Waals surface area contributed by atoms with Gasteiger partial charge in [-0.1, -0.05) is 6.07 Å². The number of hydrogen-bond donors (Lipinski definition) is 2. The van der Waals surface area contributed by atoms with Gasteiger partial charge >= 0.3 is 12.1 Å². The Balaban J connectivity index is 1.44. The molecule has 5 heterocycles. The van der Waals surface area contributed by atoms with Crippen LogP contribution in [0.15, 0.2) is 40.4 Å². The van der Waals surface area contributed by atoms with Crippen molar-refractivity contribution in [1.82, 2.24) is 14.7 Å². The third-order valence-electron chi connectivity index (χ3n) is 6.33. The van der Waals surface area contributed by atoms with E-state index >= 15 is 0 Å². The second kappa shape index (κ2) is 6.69. The van der Waals surface area contributed by atoms with E-state index in [0.717, 1.165) is 9.78 Å². The fourth-order valence-electron chi connectivity index (χ4n) is 5.05. The van der Waals surface area contributed by atoms with Crippen molar-refractivity contribution in [2.45, 2.75) is 31.5 Å². The minimum Gasteiger partial charge on any atom is -0.477 e. The molecule has 3 amide bonds. The largest absolute Gasteiger partial charge is 0.477 e. The van der Waals surface area contributed by atoms with Gasteiger partial charge in [-0.25, -0.2) is 9.59 Å². The molecule has 1 aromatic heterocycles. The third kappa shape index (κ3) is 2.67. The molecule has 4 aliphatic heterocycles. The molecule has 5 rings (SSSR count). The lowest BCUT2D eigenvalue weighted by Gasteiger charge is -2.49. The molecule has 3 saturated heterocycles. The average Bonchev–Trinajstić information content (AvgIpc) is 3.41. The SMILES string of the molecule is O=C(O)C1=C(/C=C2\CCN(Cc3cccs3)C2=O)C[C@@H]2CN(C(=O)O)[C@@H]3C(=O)N1[C@H]23. The topological polar surface area (TPSA) is 118 Å². The highest BCUT2D eigenvalue weighted by molar-refractivity contribution is 7.09. The zero-order valence-electron chi connectivity index (χ0n) is 15.9. The molecule has 0 saturated carbocycles. The summed E-state index contributed by atoms with van der Waals surface area (Å²) in [7, 11) is 0. The second-order valence-corrected chi connectivity index (χ2v) is 8.98. The Kier molecular flexibility index (Phi) is 4.21. The highest BCUT2D eigenvalue weighted by Gasteiger charge is 2.64. The molecule has 0 bridgehead atoms. The molecule has 0 aromatic carbocycles. The summed E-state index contributed by atoms with van der Waals surface area (Å²) in [5, 5.41) is 21.1. The summed E-state index contributed by atoms with van der Waals surface area (Å²) >= 11 is 1.57. The average molecular weight is 429 g/mol. The molecule has 4 aliphatic rings.